The van der Waals surface area contributed by atoms with Crippen LogP contribution in [0.4, 0.5) is 0 Å². The Balaban J connectivity index is 5.89. The first-order chi connectivity index (χ1) is 6.31. The van der Waals surface area contributed by atoms with Crippen molar-refractivity contribution in [2.24, 2.45) is 10.8 Å². The first-order valence-corrected chi connectivity index (χ1v) is 9.97. The maximum absolute atomic E-state index is 11.9. The van der Waals surface area contributed by atoms with E-state index in [4.69, 9.17) is 0 Å². The van der Waals surface area contributed by atoms with Crippen LogP contribution in [0.2, 0.25) is 19.6 Å². The topological polar surface area (TPSA) is 17.1 Å². The van der Waals surface area contributed by atoms with Crippen LogP contribution in [0.5, 0.6) is 0 Å². The van der Waals surface area contributed by atoms with Crippen LogP contribution >= 0.6 is 8.46 Å². The van der Waals surface area contributed by atoms with Gasteiger partial charge in [0, 0.05) is 0 Å². The average molecular weight is 246 g/mol. The summed E-state index contributed by atoms with van der Waals surface area (Å²) in [5.74, 6) is 0. The third-order valence-corrected chi connectivity index (χ3v) is 11.0. The monoisotopic (exact) mass is 246 g/mol. The number of rotatable bonds is 2. The zero-order valence-corrected chi connectivity index (χ0v) is 13.7. The predicted octanol–water partition coefficient (Wildman–Crippen LogP) is 4.99. The van der Waals surface area contributed by atoms with Gasteiger partial charge in [0.05, 0.1) is 12.9 Å². The molecule has 0 unspecified atom stereocenters. The van der Waals surface area contributed by atoms with Gasteiger partial charge in [0.25, 0.3) is 0 Å². The van der Waals surface area contributed by atoms with Gasteiger partial charge in [0.2, 0.25) is 0 Å². The lowest BCUT2D eigenvalue weighted by molar-refractivity contribution is 0.197. The fourth-order valence-electron chi connectivity index (χ4n) is 3.79. The summed E-state index contributed by atoms with van der Waals surface area (Å²) in [5.41, 5.74) is 0.137. The van der Waals surface area contributed by atoms with Gasteiger partial charge >= 0.3 is 0 Å². The Morgan fingerprint density at radius 1 is 0.800 bits per heavy atom. The van der Waals surface area contributed by atoms with Crippen LogP contribution in [0.15, 0.2) is 0 Å². The Labute approximate surface area is 98.3 Å². The van der Waals surface area contributed by atoms with Crippen molar-refractivity contribution in [1.29, 1.82) is 0 Å². The molecule has 0 aliphatic carbocycles. The highest BCUT2D eigenvalue weighted by atomic mass is 31.1. The average Bonchev–Trinajstić information content (AvgIpc) is 1.76. The molecule has 0 aliphatic heterocycles. The Morgan fingerprint density at radius 2 is 1.07 bits per heavy atom. The molecule has 0 saturated carbocycles. The first kappa shape index (κ1) is 15.3. The molecular weight excluding hydrogens is 219 g/mol. The molecule has 0 amide bonds. The molecule has 0 saturated heterocycles. The molecule has 1 nitrogen and oxygen atoms in total. The zero-order valence-electron chi connectivity index (χ0n) is 11.9. The van der Waals surface area contributed by atoms with Gasteiger partial charge in [-0.25, -0.2) is 0 Å². The van der Waals surface area contributed by atoms with Crippen molar-refractivity contribution >= 4 is 16.5 Å². The third-order valence-electron chi connectivity index (χ3n) is 3.39. The lowest BCUT2D eigenvalue weighted by Gasteiger charge is -2.55. The van der Waals surface area contributed by atoms with Crippen LogP contribution in [0, 0.1) is 10.8 Å². The van der Waals surface area contributed by atoms with E-state index in [-0.39, 0.29) is 15.6 Å². The van der Waals surface area contributed by atoms with Gasteiger partial charge in [-0.05, 0) is 10.8 Å². The Hall–Kier alpha value is 0.317. The standard InChI is InChI=1S/C12H27OPSi/c1-10(2,3)12(14-13,11(4,5)6)15(7,8)9/h1-9H3. The van der Waals surface area contributed by atoms with E-state index in [1.807, 2.05) is 0 Å². The lowest BCUT2D eigenvalue weighted by atomic mass is 9.75. The van der Waals surface area contributed by atoms with Crippen LogP contribution in [0.3, 0.4) is 0 Å². The molecular formula is C12H27OPSi. The van der Waals surface area contributed by atoms with Crippen LogP contribution < -0.4 is 0 Å². The summed E-state index contributed by atoms with van der Waals surface area (Å²) < 4.78 is 11.8. The van der Waals surface area contributed by atoms with Crippen molar-refractivity contribution < 1.29 is 4.57 Å². The normalized spacial score (nSPS) is 15.8. The smallest absolute Gasteiger partial charge is 0.159 e. The maximum Gasteiger partial charge on any atom is 0.159 e. The molecule has 0 aromatic rings. The van der Waals surface area contributed by atoms with E-state index >= 15 is 0 Å². The number of hydrogen-bond acceptors (Lipinski definition) is 1. The van der Waals surface area contributed by atoms with Crippen LogP contribution in [0.25, 0.3) is 0 Å². The largest absolute Gasteiger partial charge is 0.275 e. The van der Waals surface area contributed by atoms with Gasteiger partial charge in [0.1, 0.15) is 0 Å². The second-order valence-corrected chi connectivity index (χ2v) is 14.1. The van der Waals surface area contributed by atoms with Crippen LogP contribution in [-0.2, 0) is 4.57 Å². The molecule has 3 heteroatoms. The third kappa shape index (κ3) is 2.36. The zero-order chi connectivity index (χ0) is 12.7. The Bertz CT molecular complexity index is 204. The summed E-state index contributed by atoms with van der Waals surface area (Å²) in [6, 6.07) is 0. The molecule has 0 atom stereocenters. The number of hydrogen-bond donors (Lipinski definition) is 0. The van der Waals surface area contributed by atoms with Gasteiger partial charge in [-0.3, -0.25) is 4.57 Å². The van der Waals surface area contributed by atoms with Gasteiger partial charge in [-0.15, -0.1) is 0 Å². The van der Waals surface area contributed by atoms with Gasteiger partial charge < -0.3 is 0 Å². The minimum Gasteiger partial charge on any atom is -0.275 e. The van der Waals surface area contributed by atoms with E-state index in [0.717, 1.165) is 0 Å². The highest BCUT2D eigenvalue weighted by Gasteiger charge is 2.59. The van der Waals surface area contributed by atoms with Crippen molar-refractivity contribution in [3.63, 3.8) is 0 Å². The van der Waals surface area contributed by atoms with Gasteiger partial charge in [-0.2, -0.15) is 0 Å². The predicted molar refractivity (Wildman–Crippen MR) is 72.6 cm³/mol. The van der Waals surface area contributed by atoms with E-state index in [2.05, 4.69) is 61.2 Å². The molecule has 0 spiro atoms. The minimum absolute atomic E-state index is 0.0685. The molecule has 0 aliphatic rings. The highest BCUT2D eigenvalue weighted by molar-refractivity contribution is 7.33. The SMILES string of the molecule is CC(C)(C)C(P=O)(C(C)(C)C)[Si](C)(C)C. The van der Waals surface area contributed by atoms with Crippen molar-refractivity contribution in [1.82, 2.24) is 0 Å². The van der Waals surface area contributed by atoms with E-state index in [9.17, 15) is 4.57 Å². The van der Waals surface area contributed by atoms with Crippen molar-refractivity contribution in [3.05, 3.63) is 0 Å². The van der Waals surface area contributed by atoms with E-state index < -0.39 is 8.07 Å². The summed E-state index contributed by atoms with van der Waals surface area (Å²) in [7, 11) is -1.22. The summed E-state index contributed by atoms with van der Waals surface area (Å²) in [5, 5.41) is 0. The second-order valence-electron chi connectivity index (χ2n) is 7.55. The van der Waals surface area contributed by atoms with Crippen molar-refractivity contribution in [2.75, 3.05) is 0 Å². The first-order valence-electron chi connectivity index (χ1n) is 5.66. The highest BCUT2D eigenvalue weighted by Crippen LogP contribution is 2.57. The fraction of sp³-hybridized carbons (Fsp3) is 1.00. The molecule has 0 heterocycles. The quantitative estimate of drug-likeness (QED) is 0.495. The summed E-state index contributed by atoms with van der Waals surface area (Å²) in [6.07, 6.45) is 0. The van der Waals surface area contributed by atoms with Crippen molar-refractivity contribution in [2.45, 2.75) is 66.0 Å². The molecule has 0 aromatic heterocycles. The minimum atomic E-state index is -1.53. The molecule has 0 N–H and O–H groups in total. The van der Waals surface area contributed by atoms with Crippen LogP contribution in [-0.4, -0.2) is 12.9 Å². The molecule has 0 rings (SSSR count). The molecule has 15 heavy (non-hydrogen) atoms. The molecule has 0 bridgehead atoms. The maximum atomic E-state index is 11.9. The lowest BCUT2D eigenvalue weighted by Crippen LogP contribution is -2.63. The molecule has 0 radical (unpaired) electrons. The van der Waals surface area contributed by atoms with E-state index in [0.29, 0.717) is 8.46 Å². The second kappa shape index (κ2) is 3.96. The summed E-state index contributed by atoms with van der Waals surface area (Å²) in [4.78, 5) is 0. The van der Waals surface area contributed by atoms with Crippen molar-refractivity contribution in [3.8, 4) is 0 Å². The van der Waals surface area contributed by atoms with Gasteiger partial charge in [0.15, 0.2) is 8.46 Å². The molecule has 90 valence electrons. The summed E-state index contributed by atoms with van der Waals surface area (Å²) >= 11 is 0. The van der Waals surface area contributed by atoms with E-state index in [1.165, 1.54) is 0 Å². The van der Waals surface area contributed by atoms with Gasteiger partial charge in [-0.1, -0.05) is 61.2 Å². The van der Waals surface area contributed by atoms with Crippen LogP contribution in [0.1, 0.15) is 41.5 Å². The Kier molecular flexibility index (Phi) is 4.04. The fourth-order valence-corrected chi connectivity index (χ4v) is 9.93. The molecule has 0 aromatic carbocycles. The summed E-state index contributed by atoms with van der Waals surface area (Å²) in [6.45, 7) is 20.3. The molecule has 0 fully saturated rings. The Morgan fingerprint density at radius 3 is 1.07 bits per heavy atom. The van der Waals surface area contributed by atoms with E-state index in [1.54, 1.807) is 0 Å².